The molecule has 0 saturated heterocycles. The number of H-pyrrole nitrogens is 1. The molecule has 0 unspecified atom stereocenters. The highest BCUT2D eigenvalue weighted by molar-refractivity contribution is 7.13. The molecule has 142 valence electrons. The Morgan fingerprint density at radius 2 is 1.89 bits per heavy atom. The average Bonchev–Trinajstić information content (AvgIpc) is 3.38. The quantitative estimate of drug-likeness (QED) is 0.481. The number of ether oxygens (including phenoxy) is 3. The molecule has 2 heterocycles. The molecular formula is C21H18N2O4S. The Bertz CT molecular complexity index is 1100. The van der Waals surface area contributed by atoms with Crippen LogP contribution in [0.5, 0.6) is 11.5 Å². The van der Waals surface area contributed by atoms with Crippen LogP contribution in [0.1, 0.15) is 16.2 Å². The molecule has 0 fully saturated rings. The number of hydrogen-bond acceptors (Lipinski definition) is 6. The van der Waals surface area contributed by atoms with E-state index in [1.807, 2.05) is 47.8 Å². The lowest BCUT2D eigenvalue weighted by Gasteiger charge is -2.08. The predicted molar refractivity (Wildman–Crippen MR) is 108 cm³/mol. The van der Waals surface area contributed by atoms with Crippen LogP contribution in [0, 0.1) is 0 Å². The number of fused-ring (bicyclic) bond motifs is 1. The van der Waals surface area contributed by atoms with Crippen LogP contribution in [0.25, 0.3) is 21.5 Å². The van der Waals surface area contributed by atoms with Crippen LogP contribution < -0.4 is 9.47 Å². The second-order valence-electron chi connectivity index (χ2n) is 6.06. The summed E-state index contributed by atoms with van der Waals surface area (Å²) in [6.07, 6.45) is 0. The number of methoxy groups -OCH3 is 2. The highest BCUT2D eigenvalue weighted by Crippen LogP contribution is 2.33. The first-order chi connectivity index (χ1) is 13.7. The minimum Gasteiger partial charge on any atom is -0.493 e. The van der Waals surface area contributed by atoms with Crippen LogP contribution in [-0.2, 0) is 11.3 Å². The first-order valence-electron chi connectivity index (χ1n) is 8.59. The Morgan fingerprint density at radius 3 is 2.68 bits per heavy atom. The number of nitrogens with zero attached hydrogens (tertiary/aromatic N) is 1. The molecule has 0 aliphatic heterocycles. The van der Waals surface area contributed by atoms with Gasteiger partial charge >= 0.3 is 5.97 Å². The van der Waals surface area contributed by atoms with Gasteiger partial charge in [0.15, 0.2) is 11.5 Å². The summed E-state index contributed by atoms with van der Waals surface area (Å²) in [6.45, 7) is 0.109. The molecule has 28 heavy (non-hydrogen) atoms. The molecule has 0 radical (unpaired) electrons. The molecule has 4 aromatic rings. The number of hydrogen-bond donors (Lipinski definition) is 1. The third-order valence-electron chi connectivity index (χ3n) is 4.28. The number of thiazole rings is 1. The summed E-state index contributed by atoms with van der Waals surface area (Å²) < 4.78 is 16.0. The lowest BCUT2D eigenvalue weighted by molar-refractivity contribution is 0.0462. The van der Waals surface area contributed by atoms with E-state index in [4.69, 9.17) is 14.2 Å². The van der Waals surface area contributed by atoms with E-state index in [-0.39, 0.29) is 6.61 Å². The molecule has 0 aliphatic carbocycles. The van der Waals surface area contributed by atoms with Gasteiger partial charge in [-0.25, -0.2) is 9.78 Å². The number of esters is 1. The SMILES string of the molecule is COc1ccc(-c2nc(COC(=O)c3cc4ccccc4[nH]3)cs2)cc1OC. The molecule has 0 bridgehead atoms. The van der Waals surface area contributed by atoms with E-state index in [0.29, 0.717) is 22.9 Å². The van der Waals surface area contributed by atoms with E-state index in [2.05, 4.69) is 9.97 Å². The van der Waals surface area contributed by atoms with Crippen molar-refractivity contribution in [3.63, 3.8) is 0 Å². The number of para-hydroxylation sites is 1. The van der Waals surface area contributed by atoms with Crippen molar-refractivity contribution in [2.24, 2.45) is 0 Å². The minimum atomic E-state index is -0.406. The number of nitrogens with one attached hydrogen (secondary N) is 1. The molecule has 2 aromatic carbocycles. The molecule has 0 amide bonds. The molecular weight excluding hydrogens is 376 g/mol. The van der Waals surface area contributed by atoms with Crippen molar-refractivity contribution >= 4 is 28.2 Å². The minimum absolute atomic E-state index is 0.109. The Kier molecular flexibility index (Phi) is 4.99. The Labute approximate surface area is 165 Å². The van der Waals surface area contributed by atoms with E-state index in [0.717, 1.165) is 21.5 Å². The zero-order valence-electron chi connectivity index (χ0n) is 15.4. The number of carbonyl (C=O) groups is 1. The second-order valence-corrected chi connectivity index (χ2v) is 6.92. The zero-order chi connectivity index (χ0) is 19.5. The summed E-state index contributed by atoms with van der Waals surface area (Å²) in [5.41, 5.74) is 2.94. The van der Waals surface area contributed by atoms with Gasteiger partial charge in [0.05, 0.1) is 19.9 Å². The van der Waals surface area contributed by atoms with E-state index in [1.54, 1.807) is 20.3 Å². The zero-order valence-corrected chi connectivity index (χ0v) is 16.2. The van der Waals surface area contributed by atoms with Crippen molar-refractivity contribution in [1.29, 1.82) is 0 Å². The van der Waals surface area contributed by atoms with Gasteiger partial charge in [-0.1, -0.05) is 18.2 Å². The summed E-state index contributed by atoms with van der Waals surface area (Å²) in [5.74, 6) is 0.897. The Balaban J connectivity index is 1.45. The third kappa shape index (κ3) is 3.57. The second kappa shape index (κ2) is 7.74. The van der Waals surface area contributed by atoms with Gasteiger partial charge in [0.2, 0.25) is 0 Å². The molecule has 0 atom stereocenters. The fraction of sp³-hybridized carbons (Fsp3) is 0.143. The van der Waals surface area contributed by atoms with Crippen LogP contribution >= 0.6 is 11.3 Å². The predicted octanol–water partition coefficient (Wildman–Crippen LogP) is 4.67. The highest BCUT2D eigenvalue weighted by Gasteiger charge is 2.13. The van der Waals surface area contributed by atoms with Crippen molar-refractivity contribution in [3.05, 3.63) is 65.3 Å². The lowest BCUT2D eigenvalue weighted by Crippen LogP contribution is -2.05. The van der Waals surface area contributed by atoms with E-state index < -0.39 is 5.97 Å². The highest BCUT2D eigenvalue weighted by atomic mass is 32.1. The summed E-state index contributed by atoms with van der Waals surface area (Å²) in [4.78, 5) is 19.9. The molecule has 2 aromatic heterocycles. The standard InChI is InChI=1S/C21H18N2O4S/c1-25-18-8-7-14(10-19(18)26-2)20-22-15(12-28-20)11-27-21(24)17-9-13-5-3-4-6-16(13)23-17/h3-10,12,23H,11H2,1-2H3. The third-order valence-corrected chi connectivity index (χ3v) is 5.22. The average molecular weight is 394 g/mol. The van der Waals surface area contributed by atoms with Crippen molar-refractivity contribution in [2.45, 2.75) is 6.61 Å². The van der Waals surface area contributed by atoms with Gasteiger partial charge in [-0.15, -0.1) is 11.3 Å². The van der Waals surface area contributed by atoms with Crippen molar-refractivity contribution in [1.82, 2.24) is 9.97 Å². The largest absolute Gasteiger partial charge is 0.493 e. The normalized spacial score (nSPS) is 10.8. The van der Waals surface area contributed by atoms with Gasteiger partial charge in [-0.3, -0.25) is 0 Å². The summed E-state index contributed by atoms with van der Waals surface area (Å²) in [5, 5.41) is 3.67. The van der Waals surface area contributed by atoms with Gasteiger partial charge in [-0.2, -0.15) is 0 Å². The fourth-order valence-electron chi connectivity index (χ4n) is 2.88. The van der Waals surface area contributed by atoms with Crippen LogP contribution in [-0.4, -0.2) is 30.2 Å². The number of aromatic amines is 1. The Hall–Kier alpha value is -3.32. The van der Waals surface area contributed by atoms with Crippen molar-refractivity contribution in [3.8, 4) is 22.1 Å². The van der Waals surface area contributed by atoms with Gasteiger partial charge in [-0.05, 0) is 30.3 Å². The molecule has 1 N–H and O–H groups in total. The van der Waals surface area contributed by atoms with Crippen LogP contribution in [0.15, 0.2) is 53.9 Å². The van der Waals surface area contributed by atoms with Crippen molar-refractivity contribution in [2.75, 3.05) is 14.2 Å². The Morgan fingerprint density at radius 1 is 1.07 bits per heavy atom. The van der Waals surface area contributed by atoms with Gasteiger partial charge < -0.3 is 19.2 Å². The van der Waals surface area contributed by atoms with Gasteiger partial charge in [0, 0.05) is 21.8 Å². The van der Waals surface area contributed by atoms with Crippen LogP contribution in [0.2, 0.25) is 0 Å². The molecule has 0 spiro atoms. The van der Waals surface area contributed by atoms with Crippen molar-refractivity contribution < 1.29 is 19.0 Å². The molecule has 0 saturated carbocycles. The van der Waals surface area contributed by atoms with Crippen LogP contribution in [0.3, 0.4) is 0 Å². The van der Waals surface area contributed by atoms with Gasteiger partial charge in [0.1, 0.15) is 17.3 Å². The number of carbonyl (C=O) groups excluding carboxylic acids is 1. The molecule has 7 heteroatoms. The number of rotatable bonds is 6. The van der Waals surface area contributed by atoms with Crippen LogP contribution in [0.4, 0.5) is 0 Å². The first kappa shape index (κ1) is 18.1. The molecule has 4 rings (SSSR count). The molecule has 6 nitrogen and oxygen atoms in total. The maximum atomic E-state index is 12.3. The monoisotopic (exact) mass is 394 g/mol. The summed E-state index contributed by atoms with van der Waals surface area (Å²) >= 11 is 1.48. The lowest BCUT2D eigenvalue weighted by atomic mass is 10.2. The van der Waals surface area contributed by atoms with E-state index >= 15 is 0 Å². The fourth-order valence-corrected chi connectivity index (χ4v) is 3.68. The smallest absolute Gasteiger partial charge is 0.355 e. The number of aromatic nitrogens is 2. The topological polar surface area (TPSA) is 73.4 Å². The maximum absolute atomic E-state index is 12.3. The van der Waals surface area contributed by atoms with Gasteiger partial charge in [0.25, 0.3) is 0 Å². The van der Waals surface area contributed by atoms with E-state index in [1.165, 1.54) is 11.3 Å². The first-order valence-corrected chi connectivity index (χ1v) is 9.47. The van der Waals surface area contributed by atoms with E-state index in [9.17, 15) is 4.79 Å². The number of benzene rings is 2. The summed E-state index contributed by atoms with van der Waals surface area (Å²) in [6, 6.07) is 15.1. The summed E-state index contributed by atoms with van der Waals surface area (Å²) in [7, 11) is 3.19. The molecule has 0 aliphatic rings. The maximum Gasteiger partial charge on any atom is 0.355 e.